The molecule has 0 spiro atoms. The van der Waals surface area contributed by atoms with Gasteiger partial charge in [0.15, 0.2) is 0 Å². The molecule has 0 atom stereocenters. The fourth-order valence-electron chi connectivity index (χ4n) is 1.60. The minimum Gasteiger partial charge on any atom is -0.357 e. The first-order valence-electron chi connectivity index (χ1n) is 5.17. The van der Waals surface area contributed by atoms with E-state index in [4.69, 9.17) is 5.73 Å². The van der Waals surface area contributed by atoms with Gasteiger partial charge in [0.1, 0.15) is 0 Å². The molecule has 2 heteroatoms. The van der Waals surface area contributed by atoms with Gasteiger partial charge in [-0.05, 0) is 36.1 Å². The molecular formula is C12H20N2. The van der Waals surface area contributed by atoms with Crippen molar-refractivity contribution in [3.05, 3.63) is 30.1 Å². The number of rotatable bonds is 4. The lowest BCUT2D eigenvalue weighted by Gasteiger charge is -2.09. The van der Waals surface area contributed by atoms with Crippen molar-refractivity contribution in [1.82, 2.24) is 4.57 Å². The molecule has 0 saturated heterocycles. The summed E-state index contributed by atoms with van der Waals surface area (Å²) in [6, 6.07) is 2.16. The van der Waals surface area contributed by atoms with Crippen molar-refractivity contribution in [3.63, 3.8) is 0 Å². The number of nitrogens with zero attached hydrogens (tertiary/aromatic N) is 1. The summed E-state index contributed by atoms with van der Waals surface area (Å²) in [5, 5.41) is 0. The molecule has 0 aliphatic heterocycles. The summed E-state index contributed by atoms with van der Waals surface area (Å²) in [6.07, 6.45) is 7.44. The Morgan fingerprint density at radius 2 is 2.29 bits per heavy atom. The molecule has 0 saturated carbocycles. The molecule has 2 N–H and O–H groups in total. The quantitative estimate of drug-likeness (QED) is 0.780. The lowest BCUT2D eigenvalue weighted by molar-refractivity contribution is 0.844. The van der Waals surface area contributed by atoms with Crippen LogP contribution in [0.1, 0.15) is 25.8 Å². The topological polar surface area (TPSA) is 30.9 Å². The zero-order valence-electron chi connectivity index (χ0n) is 9.33. The summed E-state index contributed by atoms with van der Waals surface area (Å²) in [6.45, 7) is 5.16. The van der Waals surface area contributed by atoms with Crippen molar-refractivity contribution in [2.75, 3.05) is 6.54 Å². The normalized spacial score (nSPS) is 12.5. The number of hydrogen-bond donors (Lipinski definition) is 1. The van der Waals surface area contributed by atoms with E-state index in [0.29, 0.717) is 5.92 Å². The van der Waals surface area contributed by atoms with Crippen LogP contribution in [-0.4, -0.2) is 11.1 Å². The van der Waals surface area contributed by atoms with Gasteiger partial charge in [-0.25, -0.2) is 0 Å². The van der Waals surface area contributed by atoms with Crippen LogP contribution in [0.5, 0.6) is 0 Å². The van der Waals surface area contributed by atoms with Gasteiger partial charge in [-0.3, -0.25) is 0 Å². The highest BCUT2D eigenvalue weighted by molar-refractivity contribution is 5.66. The van der Waals surface area contributed by atoms with E-state index in [9.17, 15) is 0 Å². The van der Waals surface area contributed by atoms with Gasteiger partial charge in [0.05, 0.1) is 0 Å². The lowest BCUT2D eigenvalue weighted by Crippen LogP contribution is -1.98. The lowest BCUT2D eigenvalue weighted by atomic mass is 9.96. The molecule has 0 aliphatic rings. The molecule has 0 bridgehead atoms. The smallest absolute Gasteiger partial charge is 0.0107 e. The highest BCUT2D eigenvalue weighted by atomic mass is 14.9. The van der Waals surface area contributed by atoms with Crippen molar-refractivity contribution in [3.8, 4) is 0 Å². The first-order valence-corrected chi connectivity index (χ1v) is 5.17. The predicted molar refractivity (Wildman–Crippen MR) is 61.9 cm³/mol. The molecule has 1 rings (SSSR count). The van der Waals surface area contributed by atoms with Crippen molar-refractivity contribution in [2.24, 2.45) is 18.7 Å². The predicted octanol–water partition coefficient (Wildman–Crippen LogP) is 2.41. The second kappa shape index (κ2) is 5.01. The zero-order chi connectivity index (χ0) is 10.6. The van der Waals surface area contributed by atoms with Crippen molar-refractivity contribution in [2.45, 2.75) is 20.3 Å². The number of aryl methyl sites for hydroxylation is 1. The van der Waals surface area contributed by atoms with Crippen LogP contribution in [-0.2, 0) is 7.05 Å². The highest BCUT2D eigenvalue weighted by Gasteiger charge is 2.06. The second-order valence-electron chi connectivity index (χ2n) is 3.96. The van der Waals surface area contributed by atoms with E-state index in [1.165, 1.54) is 11.1 Å². The Bertz CT molecular complexity index is 308. The Morgan fingerprint density at radius 3 is 2.71 bits per heavy atom. The average Bonchev–Trinajstić information content (AvgIpc) is 2.52. The molecule has 1 heterocycles. The van der Waals surface area contributed by atoms with Crippen LogP contribution in [0.2, 0.25) is 0 Å². The summed E-state index contributed by atoms with van der Waals surface area (Å²) in [5.41, 5.74) is 8.23. The van der Waals surface area contributed by atoms with Gasteiger partial charge in [-0.15, -0.1) is 0 Å². The number of aromatic nitrogens is 1. The molecule has 1 aromatic rings. The minimum atomic E-state index is 0.559. The first kappa shape index (κ1) is 11.1. The van der Waals surface area contributed by atoms with E-state index < -0.39 is 0 Å². The Hall–Kier alpha value is -1.02. The second-order valence-corrected chi connectivity index (χ2v) is 3.96. The van der Waals surface area contributed by atoms with Gasteiger partial charge < -0.3 is 10.3 Å². The summed E-state index contributed by atoms with van der Waals surface area (Å²) in [4.78, 5) is 0. The Labute approximate surface area is 86.4 Å². The third kappa shape index (κ3) is 2.74. The summed E-state index contributed by atoms with van der Waals surface area (Å²) in [5.74, 6) is 0.559. The van der Waals surface area contributed by atoms with Crippen molar-refractivity contribution in [1.29, 1.82) is 0 Å². The van der Waals surface area contributed by atoms with Gasteiger partial charge in [0.2, 0.25) is 0 Å². The molecule has 0 fully saturated rings. The zero-order valence-corrected chi connectivity index (χ0v) is 9.33. The van der Waals surface area contributed by atoms with E-state index in [0.717, 1.165) is 13.0 Å². The summed E-state index contributed by atoms with van der Waals surface area (Å²) < 4.78 is 2.08. The molecule has 0 aromatic carbocycles. The fraction of sp³-hybridized carbons (Fsp3) is 0.500. The average molecular weight is 192 g/mol. The van der Waals surface area contributed by atoms with Crippen LogP contribution in [0.3, 0.4) is 0 Å². The van der Waals surface area contributed by atoms with Crippen molar-refractivity contribution >= 4 is 5.57 Å². The Balaban J connectivity index is 2.88. The molecule has 0 amide bonds. The first-order chi connectivity index (χ1) is 6.65. The molecular weight excluding hydrogens is 172 g/mol. The highest BCUT2D eigenvalue weighted by Crippen LogP contribution is 2.23. The molecule has 2 nitrogen and oxygen atoms in total. The van der Waals surface area contributed by atoms with E-state index in [1.54, 1.807) is 0 Å². The minimum absolute atomic E-state index is 0.559. The van der Waals surface area contributed by atoms with Gasteiger partial charge in [-0.2, -0.15) is 0 Å². The molecule has 78 valence electrons. The van der Waals surface area contributed by atoms with Crippen molar-refractivity contribution < 1.29 is 0 Å². The molecule has 0 aliphatic carbocycles. The third-order valence-electron chi connectivity index (χ3n) is 2.32. The van der Waals surface area contributed by atoms with Gasteiger partial charge in [0.25, 0.3) is 0 Å². The van der Waals surface area contributed by atoms with E-state index >= 15 is 0 Å². The van der Waals surface area contributed by atoms with E-state index in [1.807, 2.05) is 7.05 Å². The van der Waals surface area contributed by atoms with E-state index in [2.05, 4.69) is 43.0 Å². The maximum Gasteiger partial charge on any atom is 0.0107 e. The summed E-state index contributed by atoms with van der Waals surface area (Å²) >= 11 is 0. The van der Waals surface area contributed by atoms with Crippen LogP contribution in [0.15, 0.2) is 24.5 Å². The third-order valence-corrected chi connectivity index (χ3v) is 2.32. The number of allylic oxidation sites excluding steroid dienone is 1. The SMILES string of the molecule is CC(C)/C(=C\CCN)c1ccn(C)c1. The Morgan fingerprint density at radius 1 is 1.57 bits per heavy atom. The maximum atomic E-state index is 5.51. The van der Waals surface area contributed by atoms with Crippen LogP contribution in [0.4, 0.5) is 0 Å². The van der Waals surface area contributed by atoms with E-state index in [-0.39, 0.29) is 0 Å². The molecule has 0 radical (unpaired) electrons. The number of nitrogens with two attached hydrogens (primary N) is 1. The monoisotopic (exact) mass is 192 g/mol. The van der Waals surface area contributed by atoms with Crippen LogP contribution >= 0.6 is 0 Å². The van der Waals surface area contributed by atoms with Crippen LogP contribution in [0.25, 0.3) is 5.57 Å². The van der Waals surface area contributed by atoms with Gasteiger partial charge in [-0.1, -0.05) is 19.9 Å². The Kier molecular flexibility index (Phi) is 3.96. The standard InChI is InChI=1S/C12H20N2/c1-10(2)12(5-4-7-13)11-6-8-14(3)9-11/h5-6,8-10H,4,7,13H2,1-3H3/b12-5+. The van der Waals surface area contributed by atoms with Crippen LogP contribution < -0.4 is 5.73 Å². The summed E-state index contributed by atoms with van der Waals surface area (Å²) in [7, 11) is 2.05. The molecule has 14 heavy (non-hydrogen) atoms. The largest absolute Gasteiger partial charge is 0.357 e. The van der Waals surface area contributed by atoms with Crippen LogP contribution in [0, 0.1) is 5.92 Å². The maximum absolute atomic E-state index is 5.51. The molecule has 0 unspecified atom stereocenters. The van der Waals surface area contributed by atoms with Gasteiger partial charge in [0, 0.05) is 19.4 Å². The van der Waals surface area contributed by atoms with Gasteiger partial charge >= 0.3 is 0 Å². The number of hydrogen-bond acceptors (Lipinski definition) is 1. The fourth-order valence-corrected chi connectivity index (χ4v) is 1.60. The molecule has 1 aromatic heterocycles.